The summed E-state index contributed by atoms with van der Waals surface area (Å²) in [7, 11) is 0. The highest BCUT2D eigenvalue weighted by Crippen LogP contribution is 2.47. The van der Waals surface area contributed by atoms with Gasteiger partial charge in [0.1, 0.15) is 13.2 Å². The Kier molecular flexibility index (Phi) is 3.95. The van der Waals surface area contributed by atoms with E-state index in [0.717, 1.165) is 21.5 Å². The van der Waals surface area contributed by atoms with Crippen LogP contribution in [0.25, 0.3) is 0 Å². The van der Waals surface area contributed by atoms with Gasteiger partial charge in [-0.05, 0) is 36.0 Å². The largest absolute Gasteiger partial charge is 0.486 e. The van der Waals surface area contributed by atoms with Crippen LogP contribution in [0.4, 0.5) is 0 Å². The standard InChI is InChI=1S/C15H18BrClO2/c1-9-3-2-4-10(9)15(17)11-7-13-14(8-12(11)16)19-6-5-18-13/h7-10,15H,2-6H2,1H3. The number of hydrogen-bond donors (Lipinski definition) is 0. The van der Waals surface area contributed by atoms with Crippen LogP contribution >= 0.6 is 27.5 Å². The fourth-order valence-electron chi connectivity index (χ4n) is 3.13. The van der Waals surface area contributed by atoms with Gasteiger partial charge in [-0.1, -0.05) is 35.7 Å². The van der Waals surface area contributed by atoms with Crippen LogP contribution in [0.5, 0.6) is 11.5 Å². The van der Waals surface area contributed by atoms with Crippen LogP contribution in [0, 0.1) is 11.8 Å². The van der Waals surface area contributed by atoms with Gasteiger partial charge in [-0.25, -0.2) is 0 Å². The molecule has 0 N–H and O–H groups in total. The fourth-order valence-corrected chi connectivity index (χ4v) is 4.39. The van der Waals surface area contributed by atoms with Gasteiger partial charge < -0.3 is 9.47 Å². The fraction of sp³-hybridized carbons (Fsp3) is 0.600. The van der Waals surface area contributed by atoms with Crippen molar-refractivity contribution in [2.75, 3.05) is 13.2 Å². The Morgan fingerprint density at radius 3 is 2.53 bits per heavy atom. The van der Waals surface area contributed by atoms with Gasteiger partial charge in [-0.15, -0.1) is 11.6 Å². The molecule has 104 valence electrons. The molecule has 4 heteroatoms. The number of fused-ring (bicyclic) bond motifs is 1. The van der Waals surface area contributed by atoms with E-state index in [0.29, 0.717) is 25.0 Å². The quantitative estimate of drug-likeness (QED) is 0.707. The van der Waals surface area contributed by atoms with Crippen molar-refractivity contribution in [3.05, 3.63) is 22.2 Å². The summed E-state index contributed by atoms with van der Waals surface area (Å²) in [6.45, 7) is 3.53. The zero-order valence-electron chi connectivity index (χ0n) is 11.0. The molecule has 0 saturated heterocycles. The number of halogens is 2. The van der Waals surface area contributed by atoms with E-state index in [9.17, 15) is 0 Å². The molecule has 1 aromatic carbocycles. The predicted molar refractivity (Wildman–Crippen MR) is 80.2 cm³/mol. The maximum absolute atomic E-state index is 6.73. The van der Waals surface area contributed by atoms with Crippen molar-refractivity contribution in [3.63, 3.8) is 0 Å². The summed E-state index contributed by atoms with van der Waals surface area (Å²) in [5, 5.41) is 0.0442. The molecule has 2 aliphatic rings. The van der Waals surface area contributed by atoms with Gasteiger partial charge in [0.05, 0.1) is 5.38 Å². The Morgan fingerprint density at radius 1 is 1.21 bits per heavy atom. The third-order valence-electron chi connectivity index (χ3n) is 4.26. The van der Waals surface area contributed by atoms with E-state index in [2.05, 4.69) is 22.9 Å². The molecule has 1 aliphatic carbocycles. The molecular formula is C15H18BrClO2. The molecule has 1 heterocycles. The summed E-state index contributed by atoms with van der Waals surface area (Å²) in [5.41, 5.74) is 1.13. The van der Waals surface area contributed by atoms with E-state index < -0.39 is 0 Å². The van der Waals surface area contributed by atoms with Gasteiger partial charge in [0.15, 0.2) is 11.5 Å². The van der Waals surface area contributed by atoms with Crippen LogP contribution < -0.4 is 9.47 Å². The van der Waals surface area contributed by atoms with Crippen LogP contribution in [0.2, 0.25) is 0 Å². The van der Waals surface area contributed by atoms with Crippen LogP contribution in [-0.4, -0.2) is 13.2 Å². The highest BCUT2D eigenvalue weighted by atomic mass is 79.9. The maximum atomic E-state index is 6.73. The van der Waals surface area contributed by atoms with Gasteiger partial charge >= 0.3 is 0 Å². The lowest BCUT2D eigenvalue weighted by Gasteiger charge is -2.25. The minimum absolute atomic E-state index is 0.0442. The zero-order chi connectivity index (χ0) is 13.4. The number of alkyl halides is 1. The first kappa shape index (κ1) is 13.6. The zero-order valence-corrected chi connectivity index (χ0v) is 13.3. The molecule has 1 fully saturated rings. The number of ether oxygens (including phenoxy) is 2. The third-order valence-corrected chi connectivity index (χ3v) is 5.51. The maximum Gasteiger partial charge on any atom is 0.162 e. The Balaban J connectivity index is 1.91. The molecule has 1 saturated carbocycles. The summed E-state index contributed by atoms with van der Waals surface area (Å²) >= 11 is 10.4. The van der Waals surface area contributed by atoms with Crippen molar-refractivity contribution in [2.45, 2.75) is 31.6 Å². The highest BCUT2D eigenvalue weighted by Gasteiger charge is 2.32. The average Bonchev–Trinajstić information content (AvgIpc) is 2.83. The molecule has 0 aromatic heterocycles. The SMILES string of the molecule is CC1CCCC1C(Cl)c1cc2c(cc1Br)OCCO2. The molecule has 2 nitrogen and oxygen atoms in total. The third kappa shape index (κ3) is 2.59. The van der Waals surface area contributed by atoms with Gasteiger partial charge in [0.2, 0.25) is 0 Å². The molecule has 1 aliphatic heterocycles. The van der Waals surface area contributed by atoms with Crippen molar-refractivity contribution < 1.29 is 9.47 Å². The second-order valence-electron chi connectivity index (χ2n) is 5.49. The lowest BCUT2D eigenvalue weighted by atomic mass is 9.90. The molecule has 0 amide bonds. The van der Waals surface area contributed by atoms with Gasteiger partial charge in [-0.3, -0.25) is 0 Å². The van der Waals surface area contributed by atoms with Gasteiger partial charge in [-0.2, -0.15) is 0 Å². The van der Waals surface area contributed by atoms with Crippen molar-refractivity contribution >= 4 is 27.5 Å². The number of benzene rings is 1. The molecule has 0 spiro atoms. The molecule has 3 atom stereocenters. The summed E-state index contributed by atoms with van der Waals surface area (Å²) in [4.78, 5) is 0. The lowest BCUT2D eigenvalue weighted by Crippen LogP contribution is -2.17. The normalized spacial score (nSPS) is 27.3. The van der Waals surface area contributed by atoms with E-state index in [-0.39, 0.29) is 5.38 Å². The topological polar surface area (TPSA) is 18.5 Å². The Labute approximate surface area is 127 Å². The molecule has 1 aromatic rings. The van der Waals surface area contributed by atoms with Crippen LogP contribution in [0.15, 0.2) is 16.6 Å². The van der Waals surface area contributed by atoms with E-state index in [1.54, 1.807) is 0 Å². The smallest absolute Gasteiger partial charge is 0.162 e. The van der Waals surface area contributed by atoms with E-state index in [4.69, 9.17) is 21.1 Å². The summed E-state index contributed by atoms with van der Waals surface area (Å²) in [5.74, 6) is 2.88. The average molecular weight is 346 g/mol. The first-order valence-electron chi connectivity index (χ1n) is 6.90. The second-order valence-corrected chi connectivity index (χ2v) is 6.82. The molecule has 0 radical (unpaired) electrons. The van der Waals surface area contributed by atoms with E-state index in [1.165, 1.54) is 19.3 Å². The number of rotatable bonds is 2. The molecule has 3 rings (SSSR count). The van der Waals surface area contributed by atoms with Crippen LogP contribution in [-0.2, 0) is 0 Å². The molecular weight excluding hydrogens is 328 g/mol. The van der Waals surface area contributed by atoms with E-state index in [1.807, 2.05) is 12.1 Å². The number of hydrogen-bond acceptors (Lipinski definition) is 2. The lowest BCUT2D eigenvalue weighted by molar-refractivity contribution is 0.171. The summed E-state index contributed by atoms with van der Waals surface area (Å²) < 4.78 is 12.3. The van der Waals surface area contributed by atoms with Gasteiger partial charge in [0, 0.05) is 4.47 Å². The van der Waals surface area contributed by atoms with Gasteiger partial charge in [0.25, 0.3) is 0 Å². The monoisotopic (exact) mass is 344 g/mol. The first-order chi connectivity index (χ1) is 9.16. The molecule has 3 unspecified atom stereocenters. The van der Waals surface area contributed by atoms with Crippen molar-refractivity contribution in [1.29, 1.82) is 0 Å². The second kappa shape index (κ2) is 5.53. The van der Waals surface area contributed by atoms with Crippen molar-refractivity contribution in [2.24, 2.45) is 11.8 Å². The van der Waals surface area contributed by atoms with Crippen LogP contribution in [0.1, 0.15) is 37.1 Å². The molecule has 19 heavy (non-hydrogen) atoms. The van der Waals surface area contributed by atoms with Crippen molar-refractivity contribution in [3.8, 4) is 11.5 Å². The Morgan fingerprint density at radius 2 is 1.89 bits per heavy atom. The van der Waals surface area contributed by atoms with Crippen molar-refractivity contribution in [1.82, 2.24) is 0 Å². The Bertz CT molecular complexity index is 477. The minimum Gasteiger partial charge on any atom is -0.486 e. The minimum atomic E-state index is 0.0442. The van der Waals surface area contributed by atoms with Crippen LogP contribution in [0.3, 0.4) is 0 Å². The molecule has 0 bridgehead atoms. The summed E-state index contributed by atoms with van der Waals surface area (Å²) in [6.07, 6.45) is 3.80. The summed E-state index contributed by atoms with van der Waals surface area (Å²) in [6, 6.07) is 4.03. The first-order valence-corrected chi connectivity index (χ1v) is 8.13. The Hall–Kier alpha value is -0.410. The predicted octanol–water partition coefficient (Wildman–Crippen LogP) is 4.94. The highest BCUT2D eigenvalue weighted by molar-refractivity contribution is 9.10. The van der Waals surface area contributed by atoms with E-state index >= 15 is 0 Å².